The highest BCUT2D eigenvalue weighted by Crippen LogP contribution is 2.27. The number of amides is 1. The first-order chi connectivity index (χ1) is 16.7. The summed E-state index contributed by atoms with van der Waals surface area (Å²) in [5.41, 5.74) is 0.946. The van der Waals surface area contributed by atoms with E-state index in [9.17, 15) is 14.4 Å². The zero-order valence-electron chi connectivity index (χ0n) is 22.3. The van der Waals surface area contributed by atoms with E-state index in [1.165, 1.54) is 32.1 Å². The van der Waals surface area contributed by atoms with E-state index in [0.717, 1.165) is 62.7 Å². The van der Waals surface area contributed by atoms with Crippen molar-refractivity contribution in [2.75, 3.05) is 27.2 Å². The number of nitrogens with zero attached hydrogens (tertiary/aromatic N) is 2. The van der Waals surface area contributed by atoms with Gasteiger partial charge in [-0.3, -0.25) is 9.59 Å². The van der Waals surface area contributed by atoms with Crippen LogP contribution in [-0.2, 0) is 28.9 Å². The summed E-state index contributed by atoms with van der Waals surface area (Å²) in [4.78, 5) is 41.7. The molecule has 7 nitrogen and oxygen atoms in total. The van der Waals surface area contributed by atoms with Crippen LogP contribution in [0.15, 0.2) is 10.9 Å². The van der Waals surface area contributed by atoms with Crippen molar-refractivity contribution in [1.82, 2.24) is 14.8 Å². The molecule has 0 aliphatic heterocycles. The van der Waals surface area contributed by atoms with Crippen molar-refractivity contribution in [3.63, 3.8) is 0 Å². The summed E-state index contributed by atoms with van der Waals surface area (Å²) in [6.07, 6.45) is 13.0. The fourth-order valence-corrected chi connectivity index (χ4v) is 5.35. The maximum atomic E-state index is 13.7. The van der Waals surface area contributed by atoms with Gasteiger partial charge in [0.1, 0.15) is 11.1 Å². The largest absolute Gasteiger partial charge is 0.464 e. The van der Waals surface area contributed by atoms with Gasteiger partial charge in [0, 0.05) is 18.8 Å². The van der Waals surface area contributed by atoms with E-state index < -0.39 is 17.4 Å². The summed E-state index contributed by atoms with van der Waals surface area (Å²) in [6, 6.07) is 1.80. The molecule has 35 heavy (non-hydrogen) atoms. The summed E-state index contributed by atoms with van der Waals surface area (Å²) in [5, 5.41) is 2.79. The van der Waals surface area contributed by atoms with E-state index in [4.69, 9.17) is 4.74 Å². The molecule has 1 fully saturated rings. The molecule has 196 valence electrons. The number of carbonyl (C=O) groups is 2. The van der Waals surface area contributed by atoms with Crippen molar-refractivity contribution in [2.45, 2.75) is 103 Å². The lowest BCUT2D eigenvalue weighted by atomic mass is 9.88. The fraction of sp³-hybridized carbons (Fsp3) is 0.750. The Morgan fingerprint density at radius 3 is 2.40 bits per heavy atom. The van der Waals surface area contributed by atoms with Crippen molar-refractivity contribution in [2.24, 2.45) is 5.92 Å². The Kier molecular flexibility index (Phi) is 9.96. The van der Waals surface area contributed by atoms with Gasteiger partial charge in [0.2, 0.25) is 0 Å². The summed E-state index contributed by atoms with van der Waals surface area (Å²) in [5.74, 6) is -0.492. The number of nitrogens with one attached hydrogen (secondary N) is 1. The molecule has 3 rings (SSSR count). The molecule has 0 unspecified atom stereocenters. The molecule has 0 radical (unpaired) electrons. The van der Waals surface area contributed by atoms with Gasteiger partial charge in [-0.05, 0) is 90.4 Å². The van der Waals surface area contributed by atoms with Crippen molar-refractivity contribution in [3.8, 4) is 0 Å². The average Bonchev–Trinajstić information content (AvgIpc) is 2.79. The van der Waals surface area contributed by atoms with Crippen LogP contribution in [0.5, 0.6) is 0 Å². The van der Waals surface area contributed by atoms with Crippen molar-refractivity contribution < 1.29 is 14.3 Å². The Hall–Kier alpha value is -2.15. The normalized spacial score (nSPS) is 17.4. The third-order valence-electron chi connectivity index (χ3n) is 7.43. The van der Waals surface area contributed by atoms with Crippen LogP contribution in [0.1, 0.15) is 99.7 Å². The van der Waals surface area contributed by atoms with Crippen LogP contribution in [0.3, 0.4) is 0 Å². The van der Waals surface area contributed by atoms with Gasteiger partial charge in [-0.25, -0.2) is 4.79 Å². The topological polar surface area (TPSA) is 80.6 Å². The van der Waals surface area contributed by atoms with Crippen molar-refractivity contribution in [3.05, 3.63) is 33.2 Å². The highest BCUT2D eigenvalue weighted by atomic mass is 16.5. The molecule has 1 aromatic rings. The molecular weight excluding hydrogens is 442 g/mol. The second kappa shape index (κ2) is 12.7. The van der Waals surface area contributed by atoms with Gasteiger partial charge in [-0.1, -0.05) is 32.1 Å². The van der Waals surface area contributed by atoms with E-state index in [-0.39, 0.29) is 11.1 Å². The van der Waals surface area contributed by atoms with E-state index in [1.807, 2.05) is 23.6 Å². The lowest BCUT2D eigenvalue weighted by Gasteiger charge is -2.28. The van der Waals surface area contributed by atoms with Crippen molar-refractivity contribution >= 4 is 11.9 Å². The highest BCUT2D eigenvalue weighted by Gasteiger charge is 2.33. The first-order valence-corrected chi connectivity index (χ1v) is 13.6. The molecular formula is C28H45N3O4. The van der Waals surface area contributed by atoms with Gasteiger partial charge in [0.05, 0.1) is 6.61 Å². The van der Waals surface area contributed by atoms with E-state index in [2.05, 4.69) is 5.32 Å². The molecule has 0 spiro atoms. The summed E-state index contributed by atoms with van der Waals surface area (Å²) in [6.45, 7) is 5.07. The van der Waals surface area contributed by atoms with Gasteiger partial charge in [-0.15, -0.1) is 0 Å². The maximum Gasteiger partial charge on any atom is 0.331 e. The minimum absolute atomic E-state index is 0.147. The SMILES string of the molecule is CN(C)CCCOC(=O)C(C)(C)NC(=O)c1cc2c(n(CC3CCCCC3)c1=O)CCCCCC2. The van der Waals surface area contributed by atoms with Gasteiger partial charge in [-0.2, -0.15) is 0 Å². The molecule has 1 N–H and O–H groups in total. The minimum Gasteiger partial charge on any atom is -0.464 e. The Morgan fingerprint density at radius 2 is 1.71 bits per heavy atom. The number of hydrogen-bond donors (Lipinski definition) is 1. The van der Waals surface area contributed by atoms with Gasteiger partial charge >= 0.3 is 5.97 Å². The molecule has 1 saturated carbocycles. The molecule has 1 amide bonds. The lowest BCUT2D eigenvalue weighted by Crippen LogP contribution is -2.52. The zero-order chi connectivity index (χ0) is 25.4. The monoisotopic (exact) mass is 487 g/mol. The van der Waals surface area contributed by atoms with Gasteiger partial charge in [0.15, 0.2) is 0 Å². The Balaban J connectivity index is 1.82. The fourth-order valence-electron chi connectivity index (χ4n) is 5.35. The molecule has 0 saturated heterocycles. The molecule has 7 heteroatoms. The predicted octanol–water partition coefficient (Wildman–Crippen LogP) is 4.09. The Morgan fingerprint density at radius 1 is 1.06 bits per heavy atom. The summed E-state index contributed by atoms with van der Waals surface area (Å²) < 4.78 is 7.32. The smallest absolute Gasteiger partial charge is 0.331 e. The first-order valence-electron chi connectivity index (χ1n) is 13.6. The second-order valence-electron chi connectivity index (χ2n) is 11.2. The number of ether oxygens (including phenoxy) is 1. The van der Waals surface area contributed by atoms with Crippen LogP contribution >= 0.6 is 0 Å². The second-order valence-corrected chi connectivity index (χ2v) is 11.2. The number of hydrogen-bond acceptors (Lipinski definition) is 5. The van der Waals surface area contributed by atoms with Crippen LogP contribution in [0.25, 0.3) is 0 Å². The first kappa shape index (κ1) is 27.4. The number of aryl methyl sites for hydroxylation is 1. The molecule has 1 heterocycles. The number of pyridine rings is 1. The third kappa shape index (κ3) is 7.66. The number of fused-ring (bicyclic) bond motifs is 1. The van der Waals surface area contributed by atoms with Gasteiger partial charge in [0.25, 0.3) is 11.5 Å². The molecule has 2 aliphatic rings. The molecule has 0 aromatic carbocycles. The van der Waals surface area contributed by atoms with Crippen molar-refractivity contribution in [1.29, 1.82) is 0 Å². The van der Waals surface area contributed by atoms with Crippen LogP contribution in [0.4, 0.5) is 0 Å². The standard InChI is InChI=1S/C28H45N3O4/c1-28(2,27(34)35-18-12-17-30(3)4)29-25(32)23-19-22-15-10-5-6-11-16-24(22)31(26(23)33)20-21-13-8-7-9-14-21/h19,21H,5-18,20H2,1-4H3,(H,29,32). The highest BCUT2D eigenvalue weighted by molar-refractivity contribution is 5.97. The number of esters is 1. The molecule has 0 bridgehead atoms. The zero-order valence-corrected chi connectivity index (χ0v) is 22.3. The van der Waals surface area contributed by atoms with Crippen LogP contribution in [0, 0.1) is 5.92 Å². The van der Waals surface area contributed by atoms with E-state index >= 15 is 0 Å². The minimum atomic E-state index is -1.22. The molecule has 0 atom stereocenters. The number of carbonyl (C=O) groups excluding carboxylic acids is 2. The van der Waals surface area contributed by atoms with E-state index in [0.29, 0.717) is 19.1 Å². The van der Waals surface area contributed by atoms with Crippen LogP contribution in [0.2, 0.25) is 0 Å². The predicted molar refractivity (Wildman–Crippen MR) is 139 cm³/mol. The number of aromatic nitrogens is 1. The molecule has 1 aromatic heterocycles. The average molecular weight is 488 g/mol. The summed E-state index contributed by atoms with van der Waals surface area (Å²) >= 11 is 0. The lowest BCUT2D eigenvalue weighted by molar-refractivity contribution is -0.150. The summed E-state index contributed by atoms with van der Waals surface area (Å²) in [7, 11) is 3.94. The molecule has 2 aliphatic carbocycles. The van der Waals surface area contributed by atoms with Crippen LogP contribution in [-0.4, -0.2) is 54.1 Å². The Bertz CT molecular complexity index is 929. The van der Waals surface area contributed by atoms with E-state index in [1.54, 1.807) is 19.9 Å². The maximum absolute atomic E-state index is 13.7. The third-order valence-corrected chi connectivity index (χ3v) is 7.43. The van der Waals surface area contributed by atoms with Crippen LogP contribution < -0.4 is 10.9 Å². The Labute approximate surface area is 210 Å². The quantitative estimate of drug-likeness (QED) is 0.419. The number of rotatable bonds is 9. The van der Waals surface area contributed by atoms with Gasteiger partial charge < -0.3 is 19.5 Å².